The third-order valence-electron chi connectivity index (χ3n) is 5.45. The molecule has 4 heteroatoms. The molecule has 0 N–H and O–H groups in total. The third kappa shape index (κ3) is 5.97. The molecule has 0 aliphatic carbocycles. The topological polar surface area (TPSA) is 15.7 Å². The highest BCUT2D eigenvalue weighted by atomic mass is 35.5. The summed E-state index contributed by atoms with van der Waals surface area (Å²) in [5.74, 6) is 1.36. The molecular formula is C23H31ClN2O. The van der Waals surface area contributed by atoms with Crippen molar-refractivity contribution in [3.8, 4) is 5.75 Å². The third-order valence-corrected chi connectivity index (χ3v) is 5.70. The number of hydrogen-bond acceptors (Lipinski definition) is 3. The van der Waals surface area contributed by atoms with E-state index in [9.17, 15) is 0 Å². The summed E-state index contributed by atoms with van der Waals surface area (Å²) in [6.45, 7) is 8.83. The first-order chi connectivity index (χ1) is 13.2. The summed E-state index contributed by atoms with van der Waals surface area (Å²) in [6, 6.07) is 16.8. The fourth-order valence-corrected chi connectivity index (χ4v) is 3.83. The number of halogens is 1. The molecule has 1 aliphatic heterocycles. The van der Waals surface area contributed by atoms with E-state index >= 15 is 0 Å². The average molecular weight is 387 g/mol. The summed E-state index contributed by atoms with van der Waals surface area (Å²) < 4.78 is 5.95. The standard InChI is InChI=1S/C23H31ClN2O/c1-3-23(19-5-9-21(24)10-6-19)20-7-11-22(12-8-20)27-18-4-13-26-16-14-25(2)15-17-26/h5-12,23H,3-4,13-18H2,1-2H3. The molecule has 1 fully saturated rings. The Hall–Kier alpha value is -1.55. The van der Waals surface area contributed by atoms with Gasteiger partial charge in [-0.05, 0) is 55.3 Å². The molecule has 27 heavy (non-hydrogen) atoms. The van der Waals surface area contributed by atoms with Crippen molar-refractivity contribution in [2.24, 2.45) is 0 Å². The van der Waals surface area contributed by atoms with Crippen LogP contribution in [-0.2, 0) is 0 Å². The lowest BCUT2D eigenvalue weighted by Crippen LogP contribution is -2.44. The Morgan fingerprint density at radius 1 is 0.926 bits per heavy atom. The van der Waals surface area contributed by atoms with Crippen molar-refractivity contribution >= 4 is 11.6 Å². The largest absolute Gasteiger partial charge is 0.494 e. The lowest BCUT2D eigenvalue weighted by Gasteiger charge is -2.32. The van der Waals surface area contributed by atoms with Gasteiger partial charge >= 0.3 is 0 Å². The highest BCUT2D eigenvalue weighted by Gasteiger charge is 2.14. The summed E-state index contributed by atoms with van der Waals surface area (Å²) in [4.78, 5) is 4.92. The predicted molar refractivity (Wildman–Crippen MR) is 114 cm³/mol. The number of nitrogens with zero attached hydrogens (tertiary/aromatic N) is 2. The maximum atomic E-state index is 6.02. The zero-order valence-corrected chi connectivity index (χ0v) is 17.3. The lowest BCUT2D eigenvalue weighted by atomic mass is 9.89. The predicted octanol–water partition coefficient (Wildman–Crippen LogP) is 4.90. The van der Waals surface area contributed by atoms with Crippen molar-refractivity contribution in [3.05, 3.63) is 64.7 Å². The molecular weight excluding hydrogens is 356 g/mol. The Kier molecular flexibility index (Phi) is 7.57. The summed E-state index contributed by atoms with van der Waals surface area (Å²) in [5, 5.41) is 0.786. The van der Waals surface area contributed by atoms with Gasteiger partial charge in [-0.3, -0.25) is 0 Å². The van der Waals surface area contributed by atoms with Crippen LogP contribution in [0.25, 0.3) is 0 Å². The smallest absolute Gasteiger partial charge is 0.119 e. The van der Waals surface area contributed by atoms with E-state index in [0.717, 1.165) is 36.8 Å². The van der Waals surface area contributed by atoms with Crippen LogP contribution in [-0.4, -0.2) is 56.2 Å². The molecule has 3 nitrogen and oxygen atoms in total. The maximum absolute atomic E-state index is 6.02. The number of hydrogen-bond donors (Lipinski definition) is 0. The van der Waals surface area contributed by atoms with Gasteiger partial charge in [-0.25, -0.2) is 0 Å². The van der Waals surface area contributed by atoms with Crippen LogP contribution in [0, 0.1) is 0 Å². The molecule has 0 radical (unpaired) electrons. The molecule has 3 rings (SSSR count). The van der Waals surface area contributed by atoms with E-state index in [2.05, 4.69) is 60.2 Å². The van der Waals surface area contributed by atoms with Crippen LogP contribution in [0.3, 0.4) is 0 Å². The minimum absolute atomic E-state index is 0.397. The molecule has 0 aromatic heterocycles. The van der Waals surface area contributed by atoms with Gasteiger partial charge in [0.15, 0.2) is 0 Å². The highest BCUT2D eigenvalue weighted by Crippen LogP contribution is 2.29. The zero-order valence-electron chi connectivity index (χ0n) is 16.5. The zero-order chi connectivity index (χ0) is 19.1. The van der Waals surface area contributed by atoms with Crippen LogP contribution in [0.1, 0.15) is 36.8 Å². The fourth-order valence-electron chi connectivity index (χ4n) is 3.70. The van der Waals surface area contributed by atoms with Gasteiger partial charge in [0.2, 0.25) is 0 Å². The van der Waals surface area contributed by atoms with Crippen molar-refractivity contribution in [1.82, 2.24) is 9.80 Å². The van der Waals surface area contributed by atoms with Crippen LogP contribution in [0.4, 0.5) is 0 Å². The molecule has 0 saturated carbocycles. The summed E-state index contributed by atoms with van der Waals surface area (Å²) in [6.07, 6.45) is 2.14. The number of rotatable bonds is 8. The first-order valence-corrected chi connectivity index (χ1v) is 10.4. The van der Waals surface area contributed by atoms with Crippen molar-refractivity contribution in [2.45, 2.75) is 25.7 Å². The molecule has 0 bridgehead atoms. The van der Waals surface area contributed by atoms with Gasteiger partial charge in [-0.2, -0.15) is 0 Å². The molecule has 1 unspecified atom stereocenters. The van der Waals surface area contributed by atoms with Gasteiger partial charge in [-0.15, -0.1) is 0 Å². The van der Waals surface area contributed by atoms with E-state index in [1.54, 1.807) is 0 Å². The Morgan fingerprint density at radius 2 is 1.52 bits per heavy atom. The number of ether oxygens (including phenoxy) is 1. The lowest BCUT2D eigenvalue weighted by molar-refractivity contribution is 0.145. The molecule has 0 spiro atoms. The quantitative estimate of drug-likeness (QED) is 0.600. The van der Waals surface area contributed by atoms with Crippen molar-refractivity contribution in [3.63, 3.8) is 0 Å². The average Bonchev–Trinajstić information content (AvgIpc) is 2.70. The minimum atomic E-state index is 0.397. The fraction of sp³-hybridized carbons (Fsp3) is 0.478. The second kappa shape index (κ2) is 10.1. The van der Waals surface area contributed by atoms with Gasteiger partial charge in [0, 0.05) is 43.7 Å². The summed E-state index contributed by atoms with van der Waals surface area (Å²) in [7, 11) is 2.19. The minimum Gasteiger partial charge on any atom is -0.494 e. The van der Waals surface area contributed by atoms with Crippen molar-refractivity contribution in [2.75, 3.05) is 46.4 Å². The van der Waals surface area contributed by atoms with Crippen molar-refractivity contribution < 1.29 is 4.74 Å². The molecule has 1 aliphatic rings. The van der Waals surface area contributed by atoms with E-state index in [0.29, 0.717) is 5.92 Å². The van der Waals surface area contributed by atoms with Crippen molar-refractivity contribution in [1.29, 1.82) is 0 Å². The second-order valence-electron chi connectivity index (χ2n) is 7.43. The Balaban J connectivity index is 1.47. The van der Waals surface area contributed by atoms with Crippen LogP contribution < -0.4 is 4.74 Å². The van der Waals surface area contributed by atoms with E-state index in [4.69, 9.17) is 16.3 Å². The Labute approximate surface area is 168 Å². The van der Waals surface area contributed by atoms with Gasteiger partial charge in [0.05, 0.1) is 6.61 Å². The molecule has 2 aromatic rings. The molecule has 2 aromatic carbocycles. The van der Waals surface area contributed by atoms with Gasteiger partial charge in [0.25, 0.3) is 0 Å². The van der Waals surface area contributed by atoms with Crippen LogP contribution in [0.5, 0.6) is 5.75 Å². The van der Waals surface area contributed by atoms with E-state index in [1.165, 1.54) is 37.3 Å². The monoisotopic (exact) mass is 386 g/mol. The normalized spacial score (nSPS) is 17.0. The molecule has 1 saturated heterocycles. The first kappa shape index (κ1) is 20.2. The molecule has 0 amide bonds. The number of piperazine rings is 1. The Morgan fingerprint density at radius 3 is 2.11 bits per heavy atom. The van der Waals surface area contributed by atoms with Gasteiger partial charge < -0.3 is 14.5 Å². The van der Waals surface area contributed by atoms with E-state index in [1.807, 2.05) is 12.1 Å². The van der Waals surface area contributed by atoms with Gasteiger partial charge in [0.1, 0.15) is 5.75 Å². The van der Waals surface area contributed by atoms with Crippen LogP contribution >= 0.6 is 11.6 Å². The van der Waals surface area contributed by atoms with Gasteiger partial charge in [-0.1, -0.05) is 42.8 Å². The number of likely N-dealkylation sites (N-methyl/N-ethyl adjacent to an activating group) is 1. The first-order valence-electron chi connectivity index (χ1n) is 10.0. The molecule has 1 heterocycles. The molecule has 1 atom stereocenters. The van der Waals surface area contributed by atoms with Crippen LogP contribution in [0.15, 0.2) is 48.5 Å². The second-order valence-corrected chi connectivity index (χ2v) is 7.86. The highest BCUT2D eigenvalue weighted by molar-refractivity contribution is 6.30. The SMILES string of the molecule is CCC(c1ccc(Cl)cc1)c1ccc(OCCCN2CCN(C)CC2)cc1. The summed E-state index contributed by atoms with van der Waals surface area (Å²) in [5.41, 5.74) is 2.63. The van der Waals surface area contributed by atoms with Crippen LogP contribution in [0.2, 0.25) is 5.02 Å². The Bertz CT molecular complexity index is 679. The van der Waals surface area contributed by atoms with E-state index < -0.39 is 0 Å². The molecule has 146 valence electrons. The maximum Gasteiger partial charge on any atom is 0.119 e. The van der Waals surface area contributed by atoms with E-state index in [-0.39, 0.29) is 0 Å². The number of benzene rings is 2. The summed E-state index contributed by atoms with van der Waals surface area (Å²) >= 11 is 6.02.